The van der Waals surface area contributed by atoms with E-state index in [1.54, 1.807) is 0 Å². The Kier molecular flexibility index (Phi) is 5.56. The summed E-state index contributed by atoms with van der Waals surface area (Å²) in [5, 5.41) is 0.288. The number of halogens is 2. The third-order valence-electron chi connectivity index (χ3n) is 1.48. The molecule has 0 bridgehead atoms. The molecule has 0 N–H and O–H groups in total. The van der Waals surface area contributed by atoms with E-state index in [-0.39, 0.29) is 10.8 Å². The van der Waals surface area contributed by atoms with Gasteiger partial charge in [0.05, 0.1) is 5.38 Å². The first kappa shape index (κ1) is 10.6. The van der Waals surface area contributed by atoms with E-state index in [1.807, 2.05) is 0 Å². The lowest BCUT2D eigenvalue weighted by Crippen LogP contribution is -2.15. The van der Waals surface area contributed by atoms with Gasteiger partial charge < -0.3 is 0 Å². The quantitative estimate of drug-likeness (QED) is 0.583. The molecule has 0 aliphatic carbocycles. The van der Waals surface area contributed by atoms with E-state index in [4.69, 9.17) is 23.2 Å². The predicted octanol–water partition coefficient (Wildman–Crippen LogP) is 3.66. The van der Waals surface area contributed by atoms with E-state index >= 15 is 0 Å². The molecule has 0 radical (unpaired) electrons. The molecule has 2 heteroatoms. The highest BCUT2D eigenvalue weighted by molar-refractivity contribution is 6.29. The maximum atomic E-state index is 5.99. The zero-order chi connectivity index (χ0) is 8.15. The molecule has 0 aliphatic heterocycles. The molecule has 0 saturated heterocycles. The topological polar surface area (TPSA) is 0 Å². The summed E-state index contributed by atoms with van der Waals surface area (Å²) in [6.07, 6.45) is 1.98. The van der Waals surface area contributed by atoms with Gasteiger partial charge in [0.2, 0.25) is 0 Å². The lowest BCUT2D eigenvalue weighted by atomic mass is 10.1. The summed E-state index contributed by atoms with van der Waals surface area (Å²) >= 11 is 11.9. The standard InChI is InChI=1S/C8H16Cl2/c1-4-7(9)8(10)5-6(2)3/h6-8H,4-5H2,1-3H3. The van der Waals surface area contributed by atoms with Crippen molar-refractivity contribution in [2.75, 3.05) is 0 Å². The molecule has 62 valence electrons. The Morgan fingerprint density at radius 3 is 1.90 bits per heavy atom. The molecule has 0 aliphatic rings. The minimum absolute atomic E-state index is 0.143. The van der Waals surface area contributed by atoms with Crippen molar-refractivity contribution in [1.29, 1.82) is 0 Å². The zero-order valence-electron chi connectivity index (χ0n) is 6.90. The molecule has 0 aromatic heterocycles. The highest BCUT2D eigenvalue weighted by Gasteiger charge is 2.15. The number of rotatable bonds is 4. The van der Waals surface area contributed by atoms with Crippen LogP contribution in [0.15, 0.2) is 0 Å². The molecule has 2 unspecified atom stereocenters. The molecule has 0 heterocycles. The van der Waals surface area contributed by atoms with Gasteiger partial charge in [0.15, 0.2) is 0 Å². The predicted molar refractivity (Wildman–Crippen MR) is 49.0 cm³/mol. The van der Waals surface area contributed by atoms with Crippen LogP contribution in [0.5, 0.6) is 0 Å². The highest BCUT2D eigenvalue weighted by atomic mass is 35.5. The van der Waals surface area contributed by atoms with E-state index in [0.29, 0.717) is 5.92 Å². The van der Waals surface area contributed by atoms with Crippen molar-refractivity contribution in [3.63, 3.8) is 0 Å². The van der Waals surface area contributed by atoms with Crippen LogP contribution in [0.25, 0.3) is 0 Å². The first-order chi connectivity index (χ1) is 4.57. The lowest BCUT2D eigenvalue weighted by molar-refractivity contribution is 0.544. The minimum atomic E-state index is 0.143. The van der Waals surface area contributed by atoms with Gasteiger partial charge in [-0.05, 0) is 18.8 Å². The second-order valence-corrected chi connectivity index (χ2v) is 4.19. The molecule has 0 nitrogen and oxygen atoms in total. The van der Waals surface area contributed by atoms with E-state index in [0.717, 1.165) is 12.8 Å². The van der Waals surface area contributed by atoms with Crippen molar-refractivity contribution < 1.29 is 0 Å². The molecule has 0 aromatic carbocycles. The smallest absolute Gasteiger partial charge is 0.0502 e. The van der Waals surface area contributed by atoms with Crippen molar-refractivity contribution in [2.45, 2.75) is 44.4 Å². The Morgan fingerprint density at radius 1 is 1.10 bits per heavy atom. The molecule has 2 atom stereocenters. The van der Waals surface area contributed by atoms with Gasteiger partial charge in [0, 0.05) is 5.38 Å². The first-order valence-electron chi connectivity index (χ1n) is 3.86. The van der Waals surface area contributed by atoms with E-state index in [1.165, 1.54) is 0 Å². The monoisotopic (exact) mass is 182 g/mol. The normalized spacial score (nSPS) is 17.4. The van der Waals surface area contributed by atoms with E-state index < -0.39 is 0 Å². The fraction of sp³-hybridized carbons (Fsp3) is 1.00. The van der Waals surface area contributed by atoms with E-state index in [2.05, 4.69) is 20.8 Å². The summed E-state index contributed by atoms with van der Waals surface area (Å²) in [6.45, 7) is 6.39. The number of hydrogen-bond donors (Lipinski definition) is 0. The van der Waals surface area contributed by atoms with Crippen LogP contribution in [-0.2, 0) is 0 Å². The molecule has 0 spiro atoms. The van der Waals surface area contributed by atoms with Crippen LogP contribution in [0, 0.1) is 5.92 Å². The Morgan fingerprint density at radius 2 is 1.60 bits per heavy atom. The number of alkyl halides is 2. The average molecular weight is 183 g/mol. The van der Waals surface area contributed by atoms with Crippen molar-refractivity contribution >= 4 is 23.2 Å². The van der Waals surface area contributed by atoms with Crippen molar-refractivity contribution in [1.82, 2.24) is 0 Å². The molecular formula is C8H16Cl2. The Hall–Kier alpha value is 0.580. The van der Waals surface area contributed by atoms with Gasteiger partial charge in [-0.2, -0.15) is 0 Å². The molecule has 0 saturated carbocycles. The number of hydrogen-bond acceptors (Lipinski definition) is 0. The van der Waals surface area contributed by atoms with Crippen LogP contribution in [0.1, 0.15) is 33.6 Å². The maximum absolute atomic E-state index is 5.99. The van der Waals surface area contributed by atoms with Crippen LogP contribution in [0.4, 0.5) is 0 Å². The van der Waals surface area contributed by atoms with Crippen LogP contribution in [0.2, 0.25) is 0 Å². The average Bonchev–Trinajstić information content (AvgIpc) is 1.85. The summed E-state index contributed by atoms with van der Waals surface area (Å²) in [4.78, 5) is 0. The van der Waals surface area contributed by atoms with Gasteiger partial charge in [0.1, 0.15) is 0 Å². The molecule has 10 heavy (non-hydrogen) atoms. The summed E-state index contributed by atoms with van der Waals surface area (Å²) in [6, 6.07) is 0. The molecule has 0 fully saturated rings. The fourth-order valence-corrected chi connectivity index (χ4v) is 1.49. The summed E-state index contributed by atoms with van der Waals surface area (Å²) in [5.41, 5.74) is 0. The van der Waals surface area contributed by atoms with Gasteiger partial charge in [-0.1, -0.05) is 20.8 Å². The van der Waals surface area contributed by atoms with Crippen LogP contribution < -0.4 is 0 Å². The maximum Gasteiger partial charge on any atom is 0.0502 e. The van der Waals surface area contributed by atoms with Crippen LogP contribution >= 0.6 is 23.2 Å². The van der Waals surface area contributed by atoms with Crippen molar-refractivity contribution in [2.24, 2.45) is 5.92 Å². The summed E-state index contributed by atoms with van der Waals surface area (Å²) in [7, 11) is 0. The Balaban J connectivity index is 3.50. The van der Waals surface area contributed by atoms with Gasteiger partial charge in [-0.25, -0.2) is 0 Å². The Labute approximate surface area is 73.9 Å². The third-order valence-corrected chi connectivity index (χ3v) is 2.70. The van der Waals surface area contributed by atoms with E-state index in [9.17, 15) is 0 Å². The highest BCUT2D eigenvalue weighted by Crippen LogP contribution is 2.20. The second-order valence-electron chi connectivity index (χ2n) is 3.07. The summed E-state index contributed by atoms with van der Waals surface area (Å²) < 4.78 is 0. The second kappa shape index (κ2) is 5.26. The van der Waals surface area contributed by atoms with Crippen molar-refractivity contribution in [3.8, 4) is 0 Å². The first-order valence-corrected chi connectivity index (χ1v) is 4.73. The molecule has 0 amide bonds. The van der Waals surface area contributed by atoms with Crippen molar-refractivity contribution in [3.05, 3.63) is 0 Å². The Bertz CT molecular complexity index is 81.3. The van der Waals surface area contributed by atoms with Gasteiger partial charge in [0.25, 0.3) is 0 Å². The SMILES string of the molecule is CCC(Cl)C(Cl)CC(C)C. The lowest BCUT2D eigenvalue weighted by Gasteiger charge is -2.15. The zero-order valence-corrected chi connectivity index (χ0v) is 8.41. The molecule has 0 rings (SSSR count). The van der Waals surface area contributed by atoms with Gasteiger partial charge in [-0.15, -0.1) is 23.2 Å². The fourth-order valence-electron chi connectivity index (χ4n) is 0.854. The van der Waals surface area contributed by atoms with Gasteiger partial charge >= 0.3 is 0 Å². The summed E-state index contributed by atoms with van der Waals surface area (Å²) in [5.74, 6) is 0.648. The molecule has 0 aromatic rings. The third kappa shape index (κ3) is 4.40. The minimum Gasteiger partial charge on any atom is -0.121 e. The van der Waals surface area contributed by atoms with Gasteiger partial charge in [-0.3, -0.25) is 0 Å². The molecular weight excluding hydrogens is 167 g/mol. The van der Waals surface area contributed by atoms with Crippen LogP contribution in [0.3, 0.4) is 0 Å². The van der Waals surface area contributed by atoms with Crippen LogP contribution in [-0.4, -0.2) is 10.8 Å². The largest absolute Gasteiger partial charge is 0.121 e.